The molecule has 0 aliphatic rings. The van der Waals surface area contributed by atoms with Crippen molar-refractivity contribution in [3.05, 3.63) is 45.7 Å². The molecule has 0 saturated heterocycles. The smallest absolute Gasteiger partial charge is 0.303 e. The molecule has 0 radical (unpaired) electrons. The van der Waals surface area contributed by atoms with Gasteiger partial charge in [0.25, 0.3) is 0 Å². The molecular weight excluding hydrogens is 641 g/mol. The molecule has 4 rings (SSSR count). The Balaban J connectivity index is 0.000000801. The van der Waals surface area contributed by atoms with Gasteiger partial charge in [0, 0.05) is 57.7 Å². The van der Waals surface area contributed by atoms with E-state index in [1.54, 1.807) is 12.1 Å². The minimum Gasteiger partial charge on any atom is -0.493 e. The molecule has 0 unspecified atom stereocenters. The van der Waals surface area contributed by atoms with Gasteiger partial charge >= 0.3 is 5.97 Å². The molecule has 15 heteroatoms. The standard InChI is InChI=1S/C25H23F2O8PS2.C4H8O2/c1-32-17-10-19-14(8-13(12-28)37-19)22(26)24(17)34-5-3-6-35-25-18(33-2)11-20-15(23(25)27)9-21(38-20)16(29)4-7-36(30)31;1-2-3-4(5)6/h8-12,30-31H,3-7H2,1-2H3;2-3H2,1H3,(H,5,6). The van der Waals surface area contributed by atoms with Gasteiger partial charge in [-0.25, -0.2) is 8.78 Å². The molecule has 2 aromatic carbocycles. The van der Waals surface area contributed by atoms with Crippen LogP contribution in [-0.2, 0) is 4.79 Å². The number of fused-ring (bicyclic) bond motifs is 2. The lowest BCUT2D eigenvalue weighted by Gasteiger charge is -2.14. The van der Waals surface area contributed by atoms with Crippen LogP contribution in [0.15, 0.2) is 24.3 Å². The van der Waals surface area contributed by atoms with E-state index >= 15 is 8.78 Å². The summed E-state index contributed by atoms with van der Waals surface area (Å²) in [5, 5.41) is 8.36. The third kappa shape index (κ3) is 8.82. The van der Waals surface area contributed by atoms with E-state index in [2.05, 4.69) is 0 Å². The Hall–Kier alpha value is -3.42. The van der Waals surface area contributed by atoms with Crippen molar-refractivity contribution in [3.8, 4) is 23.0 Å². The van der Waals surface area contributed by atoms with Gasteiger partial charge in [-0.2, -0.15) is 0 Å². The predicted octanol–water partition coefficient (Wildman–Crippen LogP) is 6.81. The van der Waals surface area contributed by atoms with Crippen LogP contribution in [0.25, 0.3) is 20.2 Å². The minimum atomic E-state index is -2.18. The van der Waals surface area contributed by atoms with Gasteiger partial charge in [-0.3, -0.25) is 14.4 Å². The van der Waals surface area contributed by atoms with Gasteiger partial charge in [-0.1, -0.05) is 6.92 Å². The van der Waals surface area contributed by atoms with Crippen molar-refractivity contribution in [1.82, 2.24) is 0 Å². The topological polar surface area (TPSA) is 149 Å². The summed E-state index contributed by atoms with van der Waals surface area (Å²) in [5.41, 5.74) is 0. The van der Waals surface area contributed by atoms with Crippen molar-refractivity contribution in [3.63, 3.8) is 0 Å². The number of carbonyl (C=O) groups is 3. The normalized spacial score (nSPS) is 10.9. The maximum atomic E-state index is 15.3. The van der Waals surface area contributed by atoms with Gasteiger partial charge in [-0.05, 0) is 18.6 Å². The third-order valence-electron chi connectivity index (χ3n) is 6.00. The van der Waals surface area contributed by atoms with Crippen molar-refractivity contribution in [1.29, 1.82) is 0 Å². The highest BCUT2D eigenvalue weighted by molar-refractivity contribution is 7.45. The molecule has 238 valence electrons. The number of hydrogen-bond acceptors (Lipinski definition) is 11. The highest BCUT2D eigenvalue weighted by atomic mass is 32.1. The van der Waals surface area contributed by atoms with Crippen molar-refractivity contribution >= 4 is 69.3 Å². The number of Topliss-reactive ketones (excluding diaryl/α,β-unsaturated/α-hetero) is 1. The van der Waals surface area contributed by atoms with Gasteiger partial charge < -0.3 is 33.8 Å². The molecule has 0 saturated carbocycles. The first-order valence-electron chi connectivity index (χ1n) is 13.3. The van der Waals surface area contributed by atoms with E-state index in [9.17, 15) is 14.4 Å². The molecule has 0 aliphatic heterocycles. The number of aldehydes is 1. The Labute approximate surface area is 260 Å². The van der Waals surface area contributed by atoms with Crippen LogP contribution in [0.2, 0.25) is 0 Å². The highest BCUT2D eigenvalue weighted by Crippen LogP contribution is 2.41. The van der Waals surface area contributed by atoms with Crippen molar-refractivity contribution in [2.75, 3.05) is 33.6 Å². The van der Waals surface area contributed by atoms with Crippen LogP contribution >= 0.6 is 31.0 Å². The zero-order valence-electron chi connectivity index (χ0n) is 24.1. The number of ketones is 1. The molecule has 2 aromatic heterocycles. The van der Waals surface area contributed by atoms with E-state index in [1.807, 2.05) is 6.92 Å². The lowest BCUT2D eigenvalue weighted by Crippen LogP contribution is -2.08. The van der Waals surface area contributed by atoms with E-state index in [1.165, 1.54) is 26.4 Å². The van der Waals surface area contributed by atoms with Crippen LogP contribution in [0, 0.1) is 11.6 Å². The van der Waals surface area contributed by atoms with E-state index in [-0.39, 0.29) is 71.8 Å². The Bertz CT molecular complexity index is 1620. The largest absolute Gasteiger partial charge is 0.493 e. The van der Waals surface area contributed by atoms with Crippen LogP contribution < -0.4 is 18.9 Å². The number of methoxy groups -OCH3 is 2. The number of aliphatic carboxylic acids is 1. The molecule has 44 heavy (non-hydrogen) atoms. The van der Waals surface area contributed by atoms with E-state index in [0.717, 1.165) is 29.1 Å². The van der Waals surface area contributed by atoms with Crippen LogP contribution in [0.3, 0.4) is 0 Å². The van der Waals surface area contributed by atoms with Crippen LogP contribution in [-0.4, -0.2) is 66.5 Å². The fraction of sp³-hybridized carbons (Fsp3) is 0.345. The summed E-state index contributed by atoms with van der Waals surface area (Å²) < 4.78 is 53.2. The molecular formula is C29H31F2O10PS2. The van der Waals surface area contributed by atoms with Crippen LogP contribution in [0.4, 0.5) is 8.78 Å². The lowest BCUT2D eigenvalue weighted by molar-refractivity contribution is -0.137. The fourth-order valence-corrected chi connectivity index (χ4v) is 6.29. The molecule has 3 N–H and O–H groups in total. The SMILES string of the molecule is CCCC(=O)O.COc1cc2sc(C=O)cc2c(F)c1OCCCOc1c(OC)cc2sc(C(=O)CCP(O)O)cc2c1F. The molecule has 0 aliphatic carbocycles. The van der Waals surface area contributed by atoms with Gasteiger partial charge in [0.15, 0.2) is 55.1 Å². The number of ether oxygens (including phenoxy) is 4. The Morgan fingerprint density at radius 1 is 0.886 bits per heavy atom. The monoisotopic (exact) mass is 672 g/mol. The van der Waals surface area contributed by atoms with Gasteiger partial charge in [0.2, 0.25) is 0 Å². The summed E-state index contributed by atoms with van der Waals surface area (Å²) in [6.07, 6.45) is 1.83. The first-order valence-corrected chi connectivity index (χ1v) is 16.3. The van der Waals surface area contributed by atoms with Crippen molar-refractivity contribution in [2.45, 2.75) is 32.6 Å². The predicted molar refractivity (Wildman–Crippen MR) is 165 cm³/mol. The summed E-state index contributed by atoms with van der Waals surface area (Å²) in [5.74, 6) is -2.24. The molecule has 0 amide bonds. The summed E-state index contributed by atoms with van der Waals surface area (Å²) in [6, 6.07) is 6.03. The van der Waals surface area contributed by atoms with Crippen LogP contribution in [0.1, 0.15) is 52.0 Å². The Morgan fingerprint density at radius 2 is 1.43 bits per heavy atom. The molecule has 0 atom stereocenters. The summed E-state index contributed by atoms with van der Waals surface area (Å²) >= 11 is 2.22. The fourth-order valence-electron chi connectivity index (χ4n) is 3.93. The first kappa shape index (κ1) is 35.1. The number of carboxylic acid groups (broad SMARTS) is 1. The molecule has 10 nitrogen and oxygen atoms in total. The first-order chi connectivity index (χ1) is 21.0. The van der Waals surface area contributed by atoms with Crippen molar-refractivity contribution < 1.29 is 57.0 Å². The molecule has 0 bridgehead atoms. The average molecular weight is 673 g/mol. The van der Waals surface area contributed by atoms with Gasteiger partial charge in [0.05, 0.1) is 37.2 Å². The number of rotatable bonds is 15. The minimum absolute atomic E-state index is 0.0190. The number of carboxylic acids is 1. The Kier molecular flexibility index (Phi) is 13.2. The van der Waals surface area contributed by atoms with E-state index < -0.39 is 26.0 Å². The molecule has 4 aromatic rings. The zero-order chi connectivity index (χ0) is 32.4. The summed E-state index contributed by atoms with van der Waals surface area (Å²) in [4.78, 5) is 51.8. The molecule has 2 heterocycles. The van der Waals surface area contributed by atoms with E-state index in [4.69, 9.17) is 33.8 Å². The third-order valence-corrected chi connectivity index (χ3v) is 8.75. The average Bonchev–Trinajstić information content (AvgIpc) is 3.62. The maximum absolute atomic E-state index is 15.3. The second-order valence-electron chi connectivity index (χ2n) is 9.11. The Morgan fingerprint density at radius 3 is 1.89 bits per heavy atom. The number of thiophene rings is 2. The zero-order valence-corrected chi connectivity index (χ0v) is 26.6. The van der Waals surface area contributed by atoms with Crippen LogP contribution in [0.5, 0.6) is 23.0 Å². The number of hydrogen-bond donors (Lipinski definition) is 3. The van der Waals surface area contributed by atoms with Gasteiger partial charge in [-0.15, -0.1) is 22.7 Å². The van der Waals surface area contributed by atoms with Gasteiger partial charge in [0.1, 0.15) is 0 Å². The second kappa shape index (κ2) is 16.6. The lowest BCUT2D eigenvalue weighted by atomic mass is 10.2. The van der Waals surface area contributed by atoms with E-state index in [0.29, 0.717) is 31.9 Å². The number of halogens is 2. The highest BCUT2D eigenvalue weighted by Gasteiger charge is 2.21. The molecule has 0 fully saturated rings. The summed E-state index contributed by atoms with van der Waals surface area (Å²) in [6.45, 7) is 1.89. The second-order valence-corrected chi connectivity index (χ2v) is 12.5. The molecule has 0 spiro atoms. The van der Waals surface area contributed by atoms with Crippen molar-refractivity contribution in [2.24, 2.45) is 0 Å². The number of benzene rings is 2. The maximum Gasteiger partial charge on any atom is 0.303 e. The number of carbonyl (C=O) groups excluding carboxylic acids is 2. The summed E-state index contributed by atoms with van der Waals surface area (Å²) in [7, 11) is 0.568. The quantitative estimate of drug-likeness (QED) is 0.0532.